The first-order valence-corrected chi connectivity index (χ1v) is 5.08. The molecule has 2 N–H and O–H groups in total. The van der Waals surface area contributed by atoms with E-state index >= 15 is 0 Å². The molecule has 82 valence electrons. The van der Waals surface area contributed by atoms with Gasteiger partial charge < -0.3 is 5.73 Å². The molecule has 4 nitrogen and oxygen atoms in total. The monoisotopic (exact) mass is 235 g/mol. The van der Waals surface area contributed by atoms with Crippen molar-refractivity contribution in [3.63, 3.8) is 0 Å². The Hall–Kier alpha value is -1.81. The first-order valence-electron chi connectivity index (χ1n) is 4.70. The Bertz CT molecular complexity index is 548. The van der Waals surface area contributed by atoms with Gasteiger partial charge in [0.15, 0.2) is 0 Å². The molecule has 0 radical (unpaired) electrons. The van der Waals surface area contributed by atoms with Crippen LogP contribution >= 0.6 is 11.6 Å². The van der Waals surface area contributed by atoms with E-state index < -0.39 is 5.91 Å². The highest BCUT2D eigenvalue weighted by Gasteiger charge is 2.11. The fourth-order valence-corrected chi connectivity index (χ4v) is 1.63. The number of amides is 1. The first-order chi connectivity index (χ1) is 7.58. The van der Waals surface area contributed by atoms with Crippen molar-refractivity contribution in [1.29, 1.82) is 0 Å². The summed E-state index contributed by atoms with van der Waals surface area (Å²) in [6.07, 6.45) is 1.77. The molecule has 5 heteroatoms. The predicted octanol–water partition coefficient (Wildman–Crippen LogP) is 1.93. The lowest BCUT2D eigenvalue weighted by molar-refractivity contribution is 0.1000. The van der Waals surface area contributed by atoms with E-state index in [1.165, 1.54) is 6.07 Å². The molecule has 1 aromatic heterocycles. The molecule has 0 aliphatic carbocycles. The van der Waals surface area contributed by atoms with Gasteiger partial charge in [0.05, 0.1) is 16.9 Å². The highest BCUT2D eigenvalue weighted by atomic mass is 35.5. The Kier molecular flexibility index (Phi) is 2.66. The molecule has 2 rings (SSSR count). The summed E-state index contributed by atoms with van der Waals surface area (Å²) < 4.78 is 1.60. The van der Waals surface area contributed by atoms with Crippen LogP contribution in [0.5, 0.6) is 0 Å². The van der Waals surface area contributed by atoms with E-state index in [0.717, 1.165) is 5.69 Å². The van der Waals surface area contributed by atoms with Gasteiger partial charge in [-0.1, -0.05) is 11.6 Å². The Balaban J connectivity index is 2.60. The standard InChI is InChI=1S/C11H10ClN3O/c1-7-4-5-15(14-7)10-3-2-8(12)6-9(10)11(13)16/h2-6H,1H3,(H2,13,16). The number of rotatable bonds is 2. The average molecular weight is 236 g/mol. The summed E-state index contributed by atoms with van der Waals surface area (Å²) in [5.41, 5.74) is 7.14. The van der Waals surface area contributed by atoms with Crippen LogP contribution in [0.25, 0.3) is 5.69 Å². The molecule has 0 atom stereocenters. The van der Waals surface area contributed by atoms with Crippen LogP contribution in [0.4, 0.5) is 0 Å². The van der Waals surface area contributed by atoms with Gasteiger partial charge in [-0.05, 0) is 31.2 Å². The number of aromatic nitrogens is 2. The molecule has 16 heavy (non-hydrogen) atoms. The van der Waals surface area contributed by atoms with Crippen LogP contribution in [0.1, 0.15) is 16.1 Å². The quantitative estimate of drug-likeness (QED) is 0.865. The summed E-state index contributed by atoms with van der Waals surface area (Å²) in [6.45, 7) is 1.87. The van der Waals surface area contributed by atoms with Gasteiger partial charge in [0.25, 0.3) is 5.91 Å². The zero-order valence-electron chi connectivity index (χ0n) is 8.64. The Morgan fingerprint density at radius 2 is 2.19 bits per heavy atom. The van der Waals surface area contributed by atoms with E-state index in [4.69, 9.17) is 17.3 Å². The first kappa shape index (κ1) is 10.7. The number of halogens is 1. The van der Waals surface area contributed by atoms with Crippen molar-refractivity contribution < 1.29 is 4.79 Å². The molecule has 0 saturated carbocycles. The summed E-state index contributed by atoms with van der Waals surface area (Å²) in [4.78, 5) is 11.3. The van der Waals surface area contributed by atoms with Crippen molar-refractivity contribution in [3.05, 3.63) is 46.7 Å². The van der Waals surface area contributed by atoms with Crippen molar-refractivity contribution in [2.24, 2.45) is 5.73 Å². The van der Waals surface area contributed by atoms with Crippen LogP contribution in [0.15, 0.2) is 30.5 Å². The predicted molar refractivity (Wildman–Crippen MR) is 61.8 cm³/mol. The summed E-state index contributed by atoms with van der Waals surface area (Å²) >= 11 is 5.82. The van der Waals surface area contributed by atoms with E-state index in [1.807, 2.05) is 13.0 Å². The number of hydrogen-bond donors (Lipinski definition) is 1. The summed E-state index contributed by atoms with van der Waals surface area (Å²) in [5.74, 6) is -0.523. The maximum absolute atomic E-state index is 11.3. The summed E-state index contributed by atoms with van der Waals surface area (Å²) in [5, 5.41) is 4.69. The molecule has 1 amide bonds. The van der Waals surface area contributed by atoms with Crippen LogP contribution < -0.4 is 5.73 Å². The molecule has 0 fully saturated rings. The van der Waals surface area contributed by atoms with Crippen LogP contribution in [-0.2, 0) is 0 Å². The number of benzene rings is 1. The van der Waals surface area contributed by atoms with Crippen LogP contribution in [0, 0.1) is 6.92 Å². The van der Waals surface area contributed by atoms with E-state index in [1.54, 1.807) is 23.0 Å². The number of primary amides is 1. The number of nitrogens with two attached hydrogens (primary N) is 1. The highest BCUT2D eigenvalue weighted by Crippen LogP contribution is 2.19. The number of carbonyl (C=O) groups excluding carboxylic acids is 1. The fraction of sp³-hybridized carbons (Fsp3) is 0.0909. The lowest BCUT2D eigenvalue weighted by Crippen LogP contribution is -2.15. The molecule has 2 aromatic rings. The zero-order chi connectivity index (χ0) is 11.7. The second-order valence-corrected chi connectivity index (χ2v) is 3.86. The zero-order valence-corrected chi connectivity index (χ0v) is 9.40. The maximum atomic E-state index is 11.3. The van der Waals surface area contributed by atoms with Crippen LogP contribution in [-0.4, -0.2) is 15.7 Å². The second kappa shape index (κ2) is 3.98. The molecule has 0 aliphatic rings. The molecule has 0 bridgehead atoms. The van der Waals surface area contributed by atoms with E-state index in [-0.39, 0.29) is 0 Å². The molecule has 0 saturated heterocycles. The highest BCUT2D eigenvalue weighted by molar-refractivity contribution is 6.31. The van der Waals surface area contributed by atoms with E-state index in [9.17, 15) is 4.79 Å². The van der Waals surface area contributed by atoms with Gasteiger partial charge >= 0.3 is 0 Å². The van der Waals surface area contributed by atoms with Gasteiger partial charge in [-0.15, -0.1) is 0 Å². The van der Waals surface area contributed by atoms with Crippen molar-refractivity contribution in [2.75, 3.05) is 0 Å². The van der Waals surface area contributed by atoms with E-state index in [0.29, 0.717) is 16.3 Å². The third kappa shape index (κ3) is 1.92. The molecule has 1 aromatic carbocycles. The minimum absolute atomic E-state index is 0.357. The van der Waals surface area contributed by atoms with Crippen molar-refractivity contribution in [3.8, 4) is 5.69 Å². The lowest BCUT2D eigenvalue weighted by atomic mass is 10.1. The summed E-state index contributed by atoms with van der Waals surface area (Å²) in [6, 6.07) is 6.80. The third-order valence-electron chi connectivity index (χ3n) is 2.19. The van der Waals surface area contributed by atoms with Crippen molar-refractivity contribution in [1.82, 2.24) is 9.78 Å². The smallest absolute Gasteiger partial charge is 0.250 e. The molecular formula is C11H10ClN3O. The van der Waals surface area contributed by atoms with Crippen molar-refractivity contribution in [2.45, 2.75) is 6.92 Å². The molecular weight excluding hydrogens is 226 g/mol. The van der Waals surface area contributed by atoms with Gasteiger partial charge in [-0.3, -0.25) is 4.79 Å². The van der Waals surface area contributed by atoms with Gasteiger partial charge in [-0.2, -0.15) is 5.10 Å². The molecule has 1 heterocycles. The Morgan fingerprint density at radius 3 is 2.75 bits per heavy atom. The second-order valence-electron chi connectivity index (χ2n) is 3.43. The maximum Gasteiger partial charge on any atom is 0.250 e. The lowest BCUT2D eigenvalue weighted by Gasteiger charge is -2.06. The van der Waals surface area contributed by atoms with Gasteiger partial charge in [0.2, 0.25) is 0 Å². The summed E-state index contributed by atoms with van der Waals surface area (Å²) in [7, 11) is 0. The van der Waals surface area contributed by atoms with E-state index in [2.05, 4.69) is 5.10 Å². The third-order valence-corrected chi connectivity index (χ3v) is 2.43. The normalized spacial score (nSPS) is 10.4. The minimum Gasteiger partial charge on any atom is -0.366 e. The van der Waals surface area contributed by atoms with Gasteiger partial charge in [-0.25, -0.2) is 4.68 Å². The minimum atomic E-state index is -0.523. The number of nitrogens with zero attached hydrogens (tertiary/aromatic N) is 2. The number of hydrogen-bond acceptors (Lipinski definition) is 2. The van der Waals surface area contributed by atoms with Crippen LogP contribution in [0.3, 0.4) is 0 Å². The van der Waals surface area contributed by atoms with Crippen molar-refractivity contribution >= 4 is 17.5 Å². The number of aryl methyl sites for hydroxylation is 1. The molecule has 0 aliphatic heterocycles. The Morgan fingerprint density at radius 1 is 1.44 bits per heavy atom. The SMILES string of the molecule is Cc1ccn(-c2ccc(Cl)cc2C(N)=O)n1. The largest absolute Gasteiger partial charge is 0.366 e. The van der Waals surface area contributed by atoms with Gasteiger partial charge in [0, 0.05) is 11.2 Å². The number of carbonyl (C=O) groups is 1. The van der Waals surface area contributed by atoms with Crippen LogP contribution in [0.2, 0.25) is 5.02 Å². The topological polar surface area (TPSA) is 60.9 Å². The average Bonchev–Trinajstić information content (AvgIpc) is 2.64. The molecule has 0 unspecified atom stereocenters. The molecule has 0 spiro atoms. The Labute approximate surface area is 97.6 Å². The fourth-order valence-electron chi connectivity index (χ4n) is 1.45. The van der Waals surface area contributed by atoms with Gasteiger partial charge in [0.1, 0.15) is 0 Å².